The molecule has 5 fully saturated rings. The van der Waals surface area contributed by atoms with Crippen LogP contribution in [0.15, 0.2) is 11.6 Å². The van der Waals surface area contributed by atoms with Gasteiger partial charge in [0.1, 0.15) is 12.9 Å². The molecule has 5 rings (SSSR count). The average Bonchev–Trinajstić information content (AvgIpc) is 3.31. The lowest BCUT2D eigenvalue weighted by Gasteiger charge is -2.58. The molecule has 0 amide bonds. The van der Waals surface area contributed by atoms with Crippen LogP contribution < -0.4 is 0 Å². The van der Waals surface area contributed by atoms with Gasteiger partial charge in [0.15, 0.2) is 18.4 Å². The highest BCUT2D eigenvalue weighted by Crippen LogP contribution is 2.74. The summed E-state index contributed by atoms with van der Waals surface area (Å²) in [6, 6.07) is 0. The van der Waals surface area contributed by atoms with Gasteiger partial charge in [-0.15, -0.1) is 0 Å². The van der Waals surface area contributed by atoms with Gasteiger partial charge in [-0.25, -0.2) is 0 Å². The third kappa shape index (κ3) is 4.01. The predicted octanol–water partition coefficient (Wildman–Crippen LogP) is 2.58. The number of ether oxygens (including phenoxy) is 7. The summed E-state index contributed by atoms with van der Waals surface area (Å²) in [4.78, 5) is 0. The van der Waals surface area contributed by atoms with Crippen molar-refractivity contribution in [1.29, 1.82) is 0 Å². The number of aliphatic hydroxyl groups excluding tert-OH is 1. The molecule has 1 spiro atoms. The smallest absolute Gasteiger partial charge is 0.196 e. The van der Waals surface area contributed by atoms with E-state index < -0.39 is 28.8 Å². The first-order valence-electron chi connectivity index (χ1n) is 13.5. The summed E-state index contributed by atoms with van der Waals surface area (Å²) in [5, 5.41) is 24.0. The lowest BCUT2D eigenvalue weighted by Crippen LogP contribution is -2.67. The number of hydrogen-bond acceptors (Lipinski definition) is 9. The molecule has 3 aliphatic heterocycles. The van der Waals surface area contributed by atoms with Gasteiger partial charge in [-0.05, 0) is 50.0 Å². The average molecular weight is 513 g/mol. The summed E-state index contributed by atoms with van der Waals surface area (Å²) < 4.78 is 41.3. The van der Waals surface area contributed by atoms with Gasteiger partial charge >= 0.3 is 0 Å². The molecular weight excluding hydrogens is 468 g/mol. The number of aliphatic hydroxyl groups is 2. The zero-order valence-corrected chi connectivity index (χ0v) is 22.3. The number of rotatable bonds is 9. The first-order valence-corrected chi connectivity index (χ1v) is 13.5. The summed E-state index contributed by atoms with van der Waals surface area (Å²) in [5.74, 6) is -1.81. The second kappa shape index (κ2) is 10.2. The van der Waals surface area contributed by atoms with Crippen molar-refractivity contribution in [2.75, 3.05) is 40.8 Å². The summed E-state index contributed by atoms with van der Waals surface area (Å²) in [6.45, 7) is 7.60. The fourth-order valence-corrected chi connectivity index (χ4v) is 8.40. The van der Waals surface area contributed by atoms with Crippen molar-refractivity contribution >= 4 is 0 Å². The Morgan fingerprint density at radius 3 is 2.69 bits per heavy atom. The van der Waals surface area contributed by atoms with Crippen LogP contribution in [0.4, 0.5) is 0 Å². The Hall–Kier alpha value is -0.620. The van der Waals surface area contributed by atoms with Crippen molar-refractivity contribution in [2.24, 2.45) is 28.6 Å². The molecule has 2 saturated carbocycles. The molecule has 5 aliphatic rings. The first kappa shape index (κ1) is 27.0. The molecule has 36 heavy (non-hydrogen) atoms. The van der Waals surface area contributed by atoms with Gasteiger partial charge in [0.05, 0.1) is 25.4 Å². The van der Waals surface area contributed by atoms with E-state index in [1.54, 1.807) is 14.2 Å². The second-order valence-corrected chi connectivity index (χ2v) is 11.8. The predicted molar refractivity (Wildman–Crippen MR) is 129 cm³/mol. The van der Waals surface area contributed by atoms with Crippen molar-refractivity contribution < 1.29 is 43.4 Å². The van der Waals surface area contributed by atoms with E-state index in [2.05, 4.69) is 13.8 Å². The van der Waals surface area contributed by atoms with Crippen LogP contribution in [0, 0.1) is 28.6 Å². The highest BCUT2D eigenvalue weighted by Gasteiger charge is 2.82. The topological polar surface area (TPSA) is 105 Å². The van der Waals surface area contributed by atoms with Crippen LogP contribution in [0.1, 0.15) is 52.9 Å². The molecule has 9 nitrogen and oxygen atoms in total. The molecule has 0 aromatic heterocycles. The third-order valence-electron chi connectivity index (χ3n) is 9.87. The van der Waals surface area contributed by atoms with Crippen LogP contribution in [-0.2, 0) is 33.2 Å². The maximum atomic E-state index is 12.2. The zero-order valence-electron chi connectivity index (χ0n) is 22.3. The van der Waals surface area contributed by atoms with E-state index in [1.807, 2.05) is 13.0 Å². The van der Waals surface area contributed by atoms with E-state index in [9.17, 15) is 10.2 Å². The fraction of sp³-hybridized carbons (Fsp3) is 0.926. The Bertz CT molecular complexity index is 815. The Morgan fingerprint density at radius 1 is 1.19 bits per heavy atom. The Morgan fingerprint density at radius 2 is 2.00 bits per heavy atom. The van der Waals surface area contributed by atoms with E-state index in [4.69, 9.17) is 33.2 Å². The molecule has 11 atom stereocenters. The maximum absolute atomic E-state index is 12.2. The SMILES string of the molecule is COCO[C@@H]1[C@H](C)[C@@H]2C[C@@H](OC)O[C@@H]3C[C@](C)([C@H](O)/C(C)=C\COC4CCCCO4)[C@H]4[C@@]1(O)OC[C@]324. The Balaban J connectivity index is 1.45. The normalized spacial score (nSPS) is 49.2. The standard InChI is InChI=1S/C27H44O9/c1-16(9-11-33-20-8-6-7-10-32-20)22(28)25(3)13-19-26-14-35-27(29,24(25)26)23(34-15-30-4)17(2)18(26)12-21(31-5)36-19/h9,17-24,28-29H,6-8,10-15H2,1-5H3/b16-9-/t17-,18+,19-,20?,21+,22-,23-,24-,25-,26-,27+/m1/s1. The van der Waals surface area contributed by atoms with Crippen LogP contribution in [0.2, 0.25) is 0 Å². The van der Waals surface area contributed by atoms with Gasteiger partial charge in [-0.2, -0.15) is 0 Å². The second-order valence-electron chi connectivity index (χ2n) is 11.8. The van der Waals surface area contributed by atoms with Crippen molar-refractivity contribution in [1.82, 2.24) is 0 Å². The third-order valence-corrected chi connectivity index (χ3v) is 9.87. The summed E-state index contributed by atoms with van der Waals surface area (Å²) in [5.41, 5.74) is -0.342. The van der Waals surface area contributed by atoms with Gasteiger partial charge in [-0.3, -0.25) is 0 Å². The minimum atomic E-state index is -1.56. The molecule has 2 N–H and O–H groups in total. The van der Waals surface area contributed by atoms with Crippen LogP contribution in [0.25, 0.3) is 0 Å². The highest BCUT2D eigenvalue weighted by atomic mass is 16.7. The minimum Gasteiger partial charge on any atom is -0.388 e. The van der Waals surface area contributed by atoms with E-state index >= 15 is 0 Å². The Labute approximate surface area is 214 Å². The van der Waals surface area contributed by atoms with Gasteiger partial charge in [0.2, 0.25) is 0 Å². The van der Waals surface area contributed by atoms with E-state index in [-0.39, 0.29) is 43.2 Å². The van der Waals surface area contributed by atoms with Crippen LogP contribution in [0.3, 0.4) is 0 Å². The molecule has 0 radical (unpaired) electrons. The van der Waals surface area contributed by atoms with Gasteiger partial charge < -0.3 is 43.4 Å². The fourth-order valence-electron chi connectivity index (χ4n) is 8.40. The minimum absolute atomic E-state index is 0.00650. The lowest BCUT2D eigenvalue weighted by molar-refractivity contribution is -0.327. The molecular formula is C27H44O9. The molecule has 206 valence electrons. The molecule has 3 heterocycles. The van der Waals surface area contributed by atoms with E-state index in [0.29, 0.717) is 26.1 Å². The van der Waals surface area contributed by atoms with Gasteiger partial charge in [-0.1, -0.05) is 19.9 Å². The molecule has 1 unspecified atom stereocenters. The highest BCUT2D eigenvalue weighted by molar-refractivity contribution is 5.28. The van der Waals surface area contributed by atoms with Gasteiger partial charge in [0, 0.05) is 44.0 Å². The van der Waals surface area contributed by atoms with Crippen LogP contribution in [0.5, 0.6) is 0 Å². The first-order chi connectivity index (χ1) is 17.2. The quantitative estimate of drug-likeness (QED) is 0.356. The van der Waals surface area contributed by atoms with Crippen LogP contribution >= 0.6 is 0 Å². The van der Waals surface area contributed by atoms with E-state index in [0.717, 1.165) is 31.4 Å². The molecule has 2 bridgehead atoms. The van der Waals surface area contributed by atoms with Crippen molar-refractivity contribution in [3.05, 3.63) is 11.6 Å². The molecule has 9 heteroatoms. The van der Waals surface area contributed by atoms with Crippen molar-refractivity contribution in [3.8, 4) is 0 Å². The van der Waals surface area contributed by atoms with Crippen LogP contribution in [-0.4, -0.2) is 87.7 Å². The van der Waals surface area contributed by atoms with Gasteiger partial charge in [0.25, 0.3) is 0 Å². The lowest BCUT2D eigenvalue weighted by atomic mass is 9.50. The molecule has 0 aromatic carbocycles. The summed E-state index contributed by atoms with van der Waals surface area (Å²) in [7, 11) is 3.24. The monoisotopic (exact) mass is 512 g/mol. The summed E-state index contributed by atoms with van der Waals surface area (Å²) >= 11 is 0. The van der Waals surface area contributed by atoms with E-state index in [1.165, 1.54) is 0 Å². The number of methoxy groups -OCH3 is 2. The maximum Gasteiger partial charge on any atom is 0.196 e. The zero-order chi connectivity index (χ0) is 25.7. The number of hydrogen-bond donors (Lipinski definition) is 2. The Kier molecular flexibility index (Phi) is 7.62. The molecule has 0 aromatic rings. The van der Waals surface area contributed by atoms with Crippen molar-refractivity contribution in [2.45, 2.75) is 89.6 Å². The van der Waals surface area contributed by atoms with Crippen molar-refractivity contribution in [3.63, 3.8) is 0 Å². The summed E-state index contributed by atoms with van der Waals surface area (Å²) in [6.07, 6.45) is 4.12. The molecule has 3 saturated heterocycles. The molecule has 2 aliphatic carbocycles. The largest absolute Gasteiger partial charge is 0.388 e.